The van der Waals surface area contributed by atoms with E-state index in [1.54, 1.807) is 6.20 Å². The molecule has 3 rings (SSSR count). The minimum absolute atomic E-state index is 0.178. The standard InChI is InChI=1S/C15H16N2O2/c1-10(17-13-4-3-7-16-11(13)2)12-5-6-14-15(8-12)19-9-18-14/h3-8,10,17H,9H2,1-2H3. The van der Waals surface area contributed by atoms with Crippen LogP contribution in [0.15, 0.2) is 36.5 Å². The summed E-state index contributed by atoms with van der Waals surface area (Å²) in [5, 5.41) is 3.46. The Morgan fingerprint density at radius 3 is 2.89 bits per heavy atom. The third-order valence-electron chi connectivity index (χ3n) is 3.28. The molecule has 4 nitrogen and oxygen atoms in total. The number of pyridine rings is 1. The molecule has 1 aliphatic rings. The number of benzene rings is 1. The molecule has 1 unspecified atom stereocenters. The number of rotatable bonds is 3. The van der Waals surface area contributed by atoms with Crippen LogP contribution in [0.25, 0.3) is 0 Å². The summed E-state index contributed by atoms with van der Waals surface area (Å²) in [6, 6.07) is 10.2. The maximum absolute atomic E-state index is 5.40. The highest BCUT2D eigenvalue weighted by Crippen LogP contribution is 2.34. The number of aromatic nitrogens is 1. The Kier molecular flexibility index (Phi) is 2.99. The van der Waals surface area contributed by atoms with Gasteiger partial charge in [-0.1, -0.05) is 6.07 Å². The second-order valence-electron chi connectivity index (χ2n) is 4.62. The van der Waals surface area contributed by atoms with Gasteiger partial charge in [0.1, 0.15) is 0 Å². The Labute approximate surface area is 112 Å². The zero-order chi connectivity index (χ0) is 13.2. The van der Waals surface area contributed by atoms with Crippen LogP contribution in [-0.4, -0.2) is 11.8 Å². The molecular weight excluding hydrogens is 240 g/mol. The Hall–Kier alpha value is -2.23. The molecule has 1 N–H and O–H groups in total. The molecule has 0 bridgehead atoms. The third kappa shape index (κ3) is 2.34. The van der Waals surface area contributed by atoms with Crippen molar-refractivity contribution >= 4 is 5.69 Å². The summed E-state index contributed by atoms with van der Waals surface area (Å²) in [5.74, 6) is 1.63. The lowest BCUT2D eigenvalue weighted by molar-refractivity contribution is 0.174. The Morgan fingerprint density at radius 2 is 2.05 bits per heavy atom. The molecule has 1 aliphatic heterocycles. The van der Waals surface area contributed by atoms with E-state index < -0.39 is 0 Å². The van der Waals surface area contributed by atoms with Crippen molar-refractivity contribution in [2.45, 2.75) is 19.9 Å². The van der Waals surface area contributed by atoms with Gasteiger partial charge in [-0.2, -0.15) is 0 Å². The van der Waals surface area contributed by atoms with Gasteiger partial charge in [0.15, 0.2) is 11.5 Å². The van der Waals surface area contributed by atoms with Gasteiger partial charge in [-0.15, -0.1) is 0 Å². The summed E-state index contributed by atoms with van der Waals surface area (Å²) < 4.78 is 10.7. The number of ether oxygens (including phenoxy) is 2. The van der Waals surface area contributed by atoms with Crippen LogP contribution in [0.1, 0.15) is 24.2 Å². The van der Waals surface area contributed by atoms with E-state index in [-0.39, 0.29) is 6.04 Å². The van der Waals surface area contributed by atoms with Gasteiger partial charge in [-0.3, -0.25) is 4.98 Å². The number of hydrogen-bond donors (Lipinski definition) is 1. The summed E-state index contributed by atoms with van der Waals surface area (Å²) >= 11 is 0. The number of fused-ring (bicyclic) bond motifs is 1. The minimum atomic E-state index is 0.178. The van der Waals surface area contributed by atoms with Gasteiger partial charge in [-0.05, 0) is 43.7 Å². The fraction of sp³-hybridized carbons (Fsp3) is 0.267. The highest BCUT2D eigenvalue weighted by Gasteiger charge is 2.15. The quantitative estimate of drug-likeness (QED) is 0.915. The van der Waals surface area contributed by atoms with Crippen molar-refractivity contribution in [2.24, 2.45) is 0 Å². The van der Waals surface area contributed by atoms with Crippen molar-refractivity contribution in [1.82, 2.24) is 4.98 Å². The van der Waals surface area contributed by atoms with Gasteiger partial charge >= 0.3 is 0 Å². The molecule has 1 atom stereocenters. The van der Waals surface area contributed by atoms with Crippen molar-refractivity contribution in [3.63, 3.8) is 0 Å². The lowest BCUT2D eigenvalue weighted by Crippen LogP contribution is -2.08. The maximum Gasteiger partial charge on any atom is 0.231 e. The van der Waals surface area contributed by atoms with Crippen LogP contribution in [0.4, 0.5) is 5.69 Å². The van der Waals surface area contributed by atoms with E-state index in [1.807, 2.05) is 31.2 Å². The number of nitrogens with zero attached hydrogens (tertiary/aromatic N) is 1. The smallest absolute Gasteiger partial charge is 0.231 e. The van der Waals surface area contributed by atoms with Gasteiger partial charge in [0.2, 0.25) is 6.79 Å². The molecule has 0 aliphatic carbocycles. The summed E-state index contributed by atoms with van der Waals surface area (Å²) in [6.45, 7) is 4.42. The van der Waals surface area contributed by atoms with E-state index in [2.05, 4.69) is 23.3 Å². The van der Waals surface area contributed by atoms with Crippen molar-refractivity contribution in [2.75, 3.05) is 12.1 Å². The van der Waals surface area contributed by atoms with Gasteiger partial charge < -0.3 is 14.8 Å². The van der Waals surface area contributed by atoms with E-state index in [1.165, 1.54) is 0 Å². The maximum atomic E-state index is 5.40. The van der Waals surface area contributed by atoms with Crippen LogP contribution in [0.3, 0.4) is 0 Å². The second kappa shape index (κ2) is 4.80. The van der Waals surface area contributed by atoms with E-state index in [4.69, 9.17) is 9.47 Å². The number of aryl methyl sites for hydroxylation is 1. The number of hydrogen-bond acceptors (Lipinski definition) is 4. The average Bonchev–Trinajstić information content (AvgIpc) is 2.88. The van der Waals surface area contributed by atoms with Crippen LogP contribution in [0, 0.1) is 6.92 Å². The highest BCUT2D eigenvalue weighted by molar-refractivity contribution is 5.51. The van der Waals surface area contributed by atoms with Crippen LogP contribution in [0.5, 0.6) is 11.5 Å². The van der Waals surface area contributed by atoms with E-state index in [0.29, 0.717) is 6.79 Å². The Morgan fingerprint density at radius 1 is 1.21 bits per heavy atom. The molecule has 98 valence electrons. The molecule has 4 heteroatoms. The van der Waals surface area contributed by atoms with E-state index in [9.17, 15) is 0 Å². The Bertz CT molecular complexity index is 598. The highest BCUT2D eigenvalue weighted by atomic mass is 16.7. The first-order valence-corrected chi connectivity index (χ1v) is 6.32. The van der Waals surface area contributed by atoms with Crippen LogP contribution in [-0.2, 0) is 0 Å². The molecular formula is C15H16N2O2. The van der Waals surface area contributed by atoms with Crippen molar-refractivity contribution < 1.29 is 9.47 Å². The Balaban J connectivity index is 1.81. The van der Waals surface area contributed by atoms with E-state index >= 15 is 0 Å². The lowest BCUT2D eigenvalue weighted by atomic mass is 10.1. The molecule has 0 radical (unpaired) electrons. The first kappa shape index (κ1) is 11.8. The van der Waals surface area contributed by atoms with Crippen molar-refractivity contribution in [1.29, 1.82) is 0 Å². The average molecular weight is 256 g/mol. The molecule has 0 saturated carbocycles. The van der Waals surface area contributed by atoms with Crippen LogP contribution < -0.4 is 14.8 Å². The molecule has 2 heterocycles. The molecule has 2 aromatic rings. The van der Waals surface area contributed by atoms with Gasteiger partial charge in [-0.25, -0.2) is 0 Å². The lowest BCUT2D eigenvalue weighted by Gasteiger charge is -2.17. The predicted octanol–water partition coefficient (Wildman–Crippen LogP) is 3.29. The third-order valence-corrected chi connectivity index (χ3v) is 3.28. The largest absolute Gasteiger partial charge is 0.454 e. The minimum Gasteiger partial charge on any atom is -0.454 e. The number of anilines is 1. The summed E-state index contributed by atoms with van der Waals surface area (Å²) in [5.41, 5.74) is 3.20. The number of nitrogens with one attached hydrogen (secondary N) is 1. The van der Waals surface area contributed by atoms with Gasteiger partial charge in [0.05, 0.1) is 11.4 Å². The van der Waals surface area contributed by atoms with Gasteiger partial charge in [0.25, 0.3) is 0 Å². The zero-order valence-corrected chi connectivity index (χ0v) is 11.0. The molecule has 0 saturated heterocycles. The van der Waals surface area contributed by atoms with Crippen LogP contribution >= 0.6 is 0 Å². The second-order valence-corrected chi connectivity index (χ2v) is 4.62. The van der Waals surface area contributed by atoms with Gasteiger partial charge in [0, 0.05) is 12.2 Å². The predicted molar refractivity (Wildman–Crippen MR) is 73.6 cm³/mol. The molecule has 19 heavy (non-hydrogen) atoms. The molecule has 0 fully saturated rings. The van der Waals surface area contributed by atoms with Crippen LogP contribution in [0.2, 0.25) is 0 Å². The topological polar surface area (TPSA) is 43.4 Å². The molecule has 1 aromatic heterocycles. The SMILES string of the molecule is Cc1ncccc1NC(C)c1ccc2c(c1)OCO2. The first-order chi connectivity index (χ1) is 9.24. The summed E-state index contributed by atoms with van der Waals surface area (Å²) in [6.07, 6.45) is 1.80. The normalized spacial score (nSPS) is 14.2. The monoisotopic (exact) mass is 256 g/mol. The molecule has 0 amide bonds. The van der Waals surface area contributed by atoms with Crippen molar-refractivity contribution in [3.8, 4) is 11.5 Å². The molecule has 1 aromatic carbocycles. The first-order valence-electron chi connectivity index (χ1n) is 6.32. The summed E-state index contributed by atoms with van der Waals surface area (Å²) in [4.78, 5) is 4.28. The fourth-order valence-electron chi connectivity index (χ4n) is 2.14. The fourth-order valence-corrected chi connectivity index (χ4v) is 2.14. The van der Waals surface area contributed by atoms with E-state index in [0.717, 1.165) is 28.4 Å². The zero-order valence-electron chi connectivity index (χ0n) is 11.0. The molecule has 0 spiro atoms. The summed E-state index contributed by atoms with van der Waals surface area (Å²) in [7, 11) is 0. The van der Waals surface area contributed by atoms with Crippen molar-refractivity contribution in [3.05, 3.63) is 47.8 Å².